The molecule has 5 nitrogen and oxygen atoms in total. The third-order valence-corrected chi connectivity index (χ3v) is 4.79. The van der Waals surface area contributed by atoms with Crippen molar-refractivity contribution < 1.29 is 24.4 Å². The van der Waals surface area contributed by atoms with Crippen molar-refractivity contribution in [3.05, 3.63) is 42.5 Å². The lowest BCUT2D eigenvalue weighted by Gasteiger charge is -2.25. The molecule has 3 rings (SSSR count). The lowest BCUT2D eigenvalue weighted by atomic mass is 9.92. The Balaban J connectivity index is 1.62. The van der Waals surface area contributed by atoms with Crippen molar-refractivity contribution in [2.24, 2.45) is 11.8 Å². The zero-order chi connectivity index (χ0) is 16.8. The van der Waals surface area contributed by atoms with E-state index in [-0.39, 0.29) is 0 Å². The van der Waals surface area contributed by atoms with Crippen LogP contribution in [0.2, 0.25) is 0 Å². The summed E-state index contributed by atoms with van der Waals surface area (Å²) in [5.74, 6) is 0.565. The molecule has 1 heterocycles. The fraction of sp³-hybridized carbons (Fsp3) is 0.579. The Morgan fingerprint density at radius 1 is 1.17 bits per heavy atom. The van der Waals surface area contributed by atoms with Crippen LogP contribution in [0.3, 0.4) is 0 Å². The minimum absolute atomic E-state index is 0.299. The van der Waals surface area contributed by atoms with E-state index >= 15 is 0 Å². The topological polar surface area (TPSA) is 68.2 Å². The lowest BCUT2D eigenvalue weighted by molar-refractivity contribution is -0.139. The monoisotopic (exact) mass is 334 g/mol. The molecule has 1 aliphatic carbocycles. The molecule has 1 aromatic rings. The normalized spacial score (nSPS) is 26.5. The second-order valence-electron chi connectivity index (χ2n) is 6.54. The molecule has 1 unspecified atom stereocenters. The summed E-state index contributed by atoms with van der Waals surface area (Å²) in [5.41, 5.74) is 0. The Hall–Kier alpha value is -1.40. The first-order chi connectivity index (χ1) is 11.7. The maximum atomic E-state index is 9.23. The van der Waals surface area contributed by atoms with Crippen LogP contribution in [0.1, 0.15) is 25.7 Å². The number of benzene rings is 1. The molecule has 5 heteroatoms. The summed E-state index contributed by atoms with van der Waals surface area (Å²) in [6.07, 6.45) is 6.45. The molecule has 2 atom stereocenters. The molecule has 132 valence electrons. The van der Waals surface area contributed by atoms with Gasteiger partial charge in [0.2, 0.25) is 5.79 Å². The molecule has 0 amide bonds. The number of hydrogen-bond acceptors (Lipinski definition) is 5. The first kappa shape index (κ1) is 17.4. The van der Waals surface area contributed by atoms with Gasteiger partial charge in [0.1, 0.15) is 12.4 Å². The van der Waals surface area contributed by atoms with E-state index in [4.69, 9.17) is 14.2 Å². The molecule has 1 aromatic carbocycles. The van der Waals surface area contributed by atoms with Crippen molar-refractivity contribution in [3.8, 4) is 5.75 Å². The van der Waals surface area contributed by atoms with Crippen LogP contribution in [-0.4, -0.2) is 42.1 Å². The van der Waals surface area contributed by atoms with Gasteiger partial charge in [0.25, 0.3) is 0 Å². The zero-order valence-electron chi connectivity index (χ0n) is 13.8. The van der Waals surface area contributed by atoms with Gasteiger partial charge in [-0.05, 0) is 42.9 Å². The highest BCUT2D eigenvalue weighted by molar-refractivity contribution is 5.21. The van der Waals surface area contributed by atoms with Crippen molar-refractivity contribution in [2.75, 3.05) is 19.8 Å². The number of rotatable bonds is 7. The highest BCUT2D eigenvalue weighted by atomic mass is 16.8. The van der Waals surface area contributed by atoms with Crippen molar-refractivity contribution in [1.82, 2.24) is 0 Å². The smallest absolute Gasteiger partial charge is 0.223 e. The molecule has 0 spiro atoms. The third-order valence-electron chi connectivity index (χ3n) is 4.79. The first-order valence-corrected chi connectivity index (χ1v) is 8.68. The number of hydrogen-bond donors (Lipinski definition) is 2. The van der Waals surface area contributed by atoms with Crippen LogP contribution >= 0.6 is 0 Å². The van der Waals surface area contributed by atoms with Gasteiger partial charge < -0.3 is 24.4 Å². The van der Waals surface area contributed by atoms with Gasteiger partial charge in [-0.2, -0.15) is 0 Å². The Kier molecular flexibility index (Phi) is 5.89. The van der Waals surface area contributed by atoms with E-state index in [0.29, 0.717) is 38.1 Å². The van der Waals surface area contributed by atoms with Crippen molar-refractivity contribution in [3.63, 3.8) is 0 Å². The highest BCUT2D eigenvalue weighted by Gasteiger charge is 2.36. The summed E-state index contributed by atoms with van der Waals surface area (Å²) in [4.78, 5) is 0. The van der Waals surface area contributed by atoms with Crippen molar-refractivity contribution >= 4 is 0 Å². The van der Waals surface area contributed by atoms with Crippen LogP contribution in [0.15, 0.2) is 42.5 Å². The Morgan fingerprint density at radius 2 is 1.92 bits per heavy atom. The molecule has 2 fully saturated rings. The summed E-state index contributed by atoms with van der Waals surface area (Å²) in [5, 5.41) is 18.5. The van der Waals surface area contributed by atoms with Gasteiger partial charge in [-0.3, -0.25) is 0 Å². The Bertz CT molecular complexity index is 522. The third kappa shape index (κ3) is 4.57. The summed E-state index contributed by atoms with van der Waals surface area (Å²) < 4.78 is 17.4. The molecule has 24 heavy (non-hydrogen) atoms. The summed E-state index contributed by atoms with van der Waals surface area (Å²) in [6.45, 7) is 1.39. The van der Waals surface area contributed by atoms with E-state index in [2.05, 4.69) is 6.08 Å². The predicted molar refractivity (Wildman–Crippen MR) is 89.4 cm³/mol. The van der Waals surface area contributed by atoms with Crippen LogP contribution in [-0.2, 0) is 9.47 Å². The van der Waals surface area contributed by atoms with E-state index in [0.717, 1.165) is 25.0 Å². The molecule has 2 aliphatic rings. The molecular formula is C19H26O5. The number of allylic oxidation sites excluding steroid dienone is 1. The molecule has 1 saturated heterocycles. The van der Waals surface area contributed by atoms with Crippen LogP contribution in [0.25, 0.3) is 0 Å². The Labute approximate surface area is 142 Å². The van der Waals surface area contributed by atoms with Crippen LogP contribution in [0.4, 0.5) is 0 Å². The van der Waals surface area contributed by atoms with Crippen LogP contribution in [0.5, 0.6) is 5.75 Å². The molecular weight excluding hydrogens is 308 g/mol. The quantitative estimate of drug-likeness (QED) is 0.592. The number of aliphatic hydroxyl groups excluding tert-OH is 1. The van der Waals surface area contributed by atoms with Gasteiger partial charge in [-0.1, -0.05) is 30.7 Å². The second-order valence-corrected chi connectivity index (χ2v) is 6.54. The van der Waals surface area contributed by atoms with E-state index in [1.165, 1.54) is 0 Å². The highest BCUT2D eigenvalue weighted by Crippen LogP contribution is 2.36. The Morgan fingerprint density at radius 3 is 2.62 bits per heavy atom. The number of para-hydroxylation sites is 1. The van der Waals surface area contributed by atoms with Gasteiger partial charge in [-0.15, -0.1) is 0 Å². The van der Waals surface area contributed by atoms with Gasteiger partial charge >= 0.3 is 0 Å². The summed E-state index contributed by atoms with van der Waals surface area (Å²) >= 11 is 0. The first-order valence-electron chi connectivity index (χ1n) is 8.68. The van der Waals surface area contributed by atoms with Gasteiger partial charge in [0.05, 0.1) is 13.2 Å². The van der Waals surface area contributed by atoms with E-state index in [1.807, 2.05) is 36.4 Å². The molecule has 0 radical (unpaired) electrons. The predicted octanol–water partition coefficient (Wildman–Crippen LogP) is 2.48. The molecule has 0 aromatic heterocycles. The maximum Gasteiger partial charge on any atom is 0.223 e. The van der Waals surface area contributed by atoms with Crippen LogP contribution in [0, 0.1) is 11.8 Å². The lowest BCUT2D eigenvalue weighted by Crippen LogP contribution is -2.35. The fourth-order valence-electron chi connectivity index (χ4n) is 3.55. The SMILES string of the molecule is OC(O)C[C@H]1CCCC1/C=C/C1(COc2ccccc2)OCCO1. The average molecular weight is 334 g/mol. The molecule has 1 saturated carbocycles. The van der Waals surface area contributed by atoms with Gasteiger partial charge in [0.15, 0.2) is 6.29 Å². The van der Waals surface area contributed by atoms with Crippen molar-refractivity contribution in [1.29, 1.82) is 0 Å². The van der Waals surface area contributed by atoms with Crippen molar-refractivity contribution in [2.45, 2.75) is 37.8 Å². The summed E-state index contributed by atoms with van der Waals surface area (Å²) in [6, 6.07) is 9.61. The van der Waals surface area contributed by atoms with Gasteiger partial charge in [-0.25, -0.2) is 0 Å². The van der Waals surface area contributed by atoms with E-state index < -0.39 is 12.1 Å². The van der Waals surface area contributed by atoms with Gasteiger partial charge in [0, 0.05) is 6.42 Å². The molecule has 2 N–H and O–H groups in total. The minimum atomic E-state index is -1.24. The zero-order valence-corrected chi connectivity index (χ0v) is 13.8. The average Bonchev–Trinajstić information content (AvgIpc) is 3.22. The molecule has 0 bridgehead atoms. The number of aliphatic hydroxyl groups is 2. The molecule has 1 aliphatic heterocycles. The number of ether oxygens (including phenoxy) is 3. The summed E-state index contributed by atoms with van der Waals surface area (Å²) in [7, 11) is 0. The fourth-order valence-corrected chi connectivity index (χ4v) is 3.55. The minimum Gasteiger partial charge on any atom is -0.488 e. The maximum absolute atomic E-state index is 9.23. The second kappa shape index (κ2) is 8.12. The largest absolute Gasteiger partial charge is 0.488 e. The van der Waals surface area contributed by atoms with Crippen LogP contribution < -0.4 is 4.74 Å². The standard InChI is InChI=1S/C19H26O5/c20-18(21)13-16-6-4-5-15(16)9-10-19(23-11-12-24-19)14-22-17-7-2-1-3-8-17/h1-3,7-10,15-16,18,20-21H,4-6,11-14H2/b10-9+/t15?,16-/m1/s1. The van der Waals surface area contributed by atoms with E-state index in [1.54, 1.807) is 0 Å². The van der Waals surface area contributed by atoms with E-state index in [9.17, 15) is 10.2 Å².